The van der Waals surface area contributed by atoms with Gasteiger partial charge in [0.25, 0.3) is 0 Å². The van der Waals surface area contributed by atoms with Crippen molar-refractivity contribution in [1.82, 2.24) is 0 Å². The lowest BCUT2D eigenvalue weighted by molar-refractivity contribution is 0.361. The average molecular weight is 174 g/mol. The molecule has 0 radical (unpaired) electrons. The van der Waals surface area contributed by atoms with Gasteiger partial charge in [0.15, 0.2) is 0 Å². The highest BCUT2D eigenvalue weighted by molar-refractivity contribution is 5.34. The van der Waals surface area contributed by atoms with Gasteiger partial charge in [-0.3, -0.25) is 0 Å². The first kappa shape index (κ1) is 8.80. The molecule has 0 saturated heterocycles. The van der Waals surface area contributed by atoms with Crippen LogP contribution in [0.5, 0.6) is 0 Å². The van der Waals surface area contributed by atoms with E-state index in [-0.39, 0.29) is 0 Å². The summed E-state index contributed by atoms with van der Waals surface area (Å²) in [6, 6.07) is 6.91. The van der Waals surface area contributed by atoms with Crippen LogP contribution in [0.1, 0.15) is 30.5 Å². The van der Waals surface area contributed by atoms with E-state index in [1.807, 2.05) is 0 Å². The summed E-state index contributed by atoms with van der Waals surface area (Å²) in [7, 11) is 0. The molecule has 70 valence electrons. The maximum absolute atomic E-state index is 2.37. The van der Waals surface area contributed by atoms with Crippen molar-refractivity contribution in [3.63, 3.8) is 0 Å². The predicted molar refractivity (Wildman–Crippen MR) is 56.9 cm³/mol. The van der Waals surface area contributed by atoms with Gasteiger partial charge >= 0.3 is 0 Å². The molecule has 0 heterocycles. The maximum Gasteiger partial charge on any atom is -0.0248 e. The third-order valence-electron chi connectivity index (χ3n) is 3.42. The SMILES string of the molecule is Cc1ccc2c(c1)C[C@@H](C)C(C)C2. The Balaban J connectivity index is 2.37. The second-order valence-corrected chi connectivity index (χ2v) is 4.63. The van der Waals surface area contributed by atoms with Crippen LogP contribution < -0.4 is 0 Å². The molecule has 13 heavy (non-hydrogen) atoms. The van der Waals surface area contributed by atoms with Crippen molar-refractivity contribution in [1.29, 1.82) is 0 Å². The first-order valence-electron chi connectivity index (χ1n) is 5.25. The third kappa shape index (κ3) is 1.63. The van der Waals surface area contributed by atoms with E-state index in [0.717, 1.165) is 11.8 Å². The molecule has 0 aliphatic heterocycles. The van der Waals surface area contributed by atoms with Crippen molar-refractivity contribution in [3.8, 4) is 0 Å². The van der Waals surface area contributed by atoms with E-state index >= 15 is 0 Å². The van der Waals surface area contributed by atoms with Crippen LogP contribution in [0, 0.1) is 18.8 Å². The lowest BCUT2D eigenvalue weighted by atomic mass is 9.77. The average Bonchev–Trinajstić information content (AvgIpc) is 2.08. The summed E-state index contributed by atoms with van der Waals surface area (Å²) in [5.41, 5.74) is 4.57. The fourth-order valence-electron chi connectivity index (χ4n) is 2.24. The van der Waals surface area contributed by atoms with Crippen LogP contribution >= 0.6 is 0 Å². The van der Waals surface area contributed by atoms with Gasteiger partial charge < -0.3 is 0 Å². The normalized spacial score (nSPS) is 27.0. The second-order valence-electron chi connectivity index (χ2n) is 4.63. The Hall–Kier alpha value is -0.780. The molecule has 2 rings (SSSR count). The molecule has 0 heteroatoms. The van der Waals surface area contributed by atoms with Crippen molar-refractivity contribution in [3.05, 3.63) is 34.9 Å². The van der Waals surface area contributed by atoms with E-state index in [4.69, 9.17) is 0 Å². The fraction of sp³-hybridized carbons (Fsp3) is 0.538. The predicted octanol–water partition coefficient (Wildman–Crippen LogP) is 3.37. The number of hydrogen-bond acceptors (Lipinski definition) is 0. The Morgan fingerprint density at radius 1 is 1.00 bits per heavy atom. The van der Waals surface area contributed by atoms with E-state index in [2.05, 4.69) is 39.0 Å². The van der Waals surface area contributed by atoms with Gasteiger partial charge in [-0.15, -0.1) is 0 Å². The molecule has 0 bridgehead atoms. The van der Waals surface area contributed by atoms with Crippen LogP contribution in [0.15, 0.2) is 18.2 Å². The van der Waals surface area contributed by atoms with E-state index in [1.54, 1.807) is 11.1 Å². The molecular weight excluding hydrogens is 156 g/mol. The van der Waals surface area contributed by atoms with Crippen molar-refractivity contribution in [2.45, 2.75) is 33.6 Å². The van der Waals surface area contributed by atoms with Crippen molar-refractivity contribution >= 4 is 0 Å². The van der Waals surface area contributed by atoms with Crippen LogP contribution in [0.25, 0.3) is 0 Å². The number of rotatable bonds is 0. The lowest BCUT2D eigenvalue weighted by Gasteiger charge is -2.28. The topological polar surface area (TPSA) is 0 Å². The Bertz CT molecular complexity index is 312. The molecule has 0 N–H and O–H groups in total. The van der Waals surface area contributed by atoms with Crippen LogP contribution in [-0.2, 0) is 12.8 Å². The Morgan fingerprint density at radius 3 is 2.31 bits per heavy atom. The van der Waals surface area contributed by atoms with Gasteiger partial charge in [-0.25, -0.2) is 0 Å². The molecule has 1 unspecified atom stereocenters. The molecule has 1 aromatic carbocycles. The van der Waals surface area contributed by atoms with Crippen molar-refractivity contribution < 1.29 is 0 Å². The second kappa shape index (κ2) is 3.17. The van der Waals surface area contributed by atoms with E-state index in [1.165, 1.54) is 18.4 Å². The molecule has 1 aromatic rings. The van der Waals surface area contributed by atoms with Crippen molar-refractivity contribution in [2.24, 2.45) is 11.8 Å². The Kier molecular flexibility index (Phi) is 2.15. The molecule has 2 atom stereocenters. The fourth-order valence-corrected chi connectivity index (χ4v) is 2.24. The minimum Gasteiger partial charge on any atom is -0.0619 e. The zero-order valence-electron chi connectivity index (χ0n) is 8.80. The summed E-state index contributed by atoms with van der Waals surface area (Å²) in [6.07, 6.45) is 2.55. The molecule has 0 aromatic heterocycles. The largest absolute Gasteiger partial charge is 0.0619 e. The highest BCUT2D eigenvalue weighted by Gasteiger charge is 2.21. The molecule has 0 saturated carbocycles. The minimum atomic E-state index is 0.856. The van der Waals surface area contributed by atoms with Gasteiger partial charge in [-0.05, 0) is 42.7 Å². The van der Waals surface area contributed by atoms with Gasteiger partial charge in [0.2, 0.25) is 0 Å². The highest BCUT2D eigenvalue weighted by atomic mass is 14.3. The van der Waals surface area contributed by atoms with Crippen LogP contribution in [0.3, 0.4) is 0 Å². The molecule has 0 nitrogen and oxygen atoms in total. The summed E-state index contributed by atoms with van der Waals surface area (Å²) in [5.74, 6) is 1.71. The smallest absolute Gasteiger partial charge is 0.0248 e. The number of hydrogen-bond donors (Lipinski definition) is 0. The zero-order chi connectivity index (χ0) is 9.42. The van der Waals surface area contributed by atoms with Gasteiger partial charge in [-0.2, -0.15) is 0 Å². The van der Waals surface area contributed by atoms with Gasteiger partial charge in [-0.1, -0.05) is 37.6 Å². The molecule has 0 fully saturated rings. The molecule has 1 aliphatic carbocycles. The number of aryl methyl sites for hydroxylation is 1. The van der Waals surface area contributed by atoms with E-state index in [9.17, 15) is 0 Å². The highest BCUT2D eigenvalue weighted by Crippen LogP contribution is 2.29. The first-order chi connectivity index (χ1) is 6.16. The quantitative estimate of drug-likeness (QED) is 0.565. The van der Waals surface area contributed by atoms with Crippen LogP contribution in [0.2, 0.25) is 0 Å². The minimum absolute atomic E-state index is 0.856. The van der Waals surface area contributed by atoms with Crippen LogP contribution in [-0.4, -0.2) is 0 Å². The summed E-state index contributed by atoms with van der Waals surface area (Å²) >= 11 is 0. The van der Waals surface area contributed by atoms with Gasteiger partial charge in [0, 0.05) is 0 Å². The summed E-state index contributed by atoms with van der Waals surface area (Å²) in [5, 5.41) is 0. The maximum atomic E-state index is 2.37. The van der Waals surface area contributed by atoms with Gasteiger partial charge in [0.1, 0.15) is 0 Å². The van der Waals surface area contributed by atoms with Gasteiger partial charge in [0.05, 0.1) is 0 Å². The number of fused-ring (bicyclic) bond motifs is 1. The molecule has 0 amide bonds. The van der Waals surface area contributed by atoms with Crippen molar-refractivity contribution in [2.75, 3.05) is 0 Å². The molecule has 1 aliphatic rings. The van der Waals surface area contributed by atoms with E-state index < -0.39 is 0 Å². The standard InChI is InChI=1S/C13H18/c1-9-4-5-12-7-10(2)11(3)8-13(12)6-9/h4-6,10-11H,7-8H2,1-3H3/t10?,11-/m1/s1. The molecule has 0 spiro atoms. The number of benzene rings is 1. The monoisotopic (exact) mass is 174 g/mol. The Morgan fingerprint density at radius 2 is 1.62 bits per heavy atom. The summed E-state index contributed by atoms with van der Waals surface area (Å²) < 4.78 is 0. The first-order valence-corrected chi connectivity index (χ1v) is 5.25. The molecular formula is C13H18. The lowest BCUT2D eigenvalue weighted by Crippen LogP contribution is -2.20. The van der Waals surface area contributed by atoms with Crippen LogP contribution in [0.4, 0.5) is 0 Å². The zero-order valence-corrected chi connectivity index (χ0v) is 8.80. The summed E-state index contributed by atoms with van der Waals surface area (Å²) in [6.45, 7) is 6.92. The Labute approximate surface area is 81.0 Å². The summed E-state index contributed by atoms with van der Waals surface area (Å²) in [4.78, 5) is 0. The third-order valence-corrected chi connectivity index (χ3v) is 3.42. The van der Waals surface area contributed by atoms with E-state index in [0.29, 0.717) is 0 Å².